The monoisotopic (exact) mass is 378 g/mol. The molecule has 0 aliphatic rings. The molecule has 2 heterocycles. The number of carbonyl (C=O) groups is 1. The van der Waals surface area contributed by atoms with E-state index >= 15 is 0 Å². The van der Waals surface area contributed by atoms with Gasteiger partial charge in [-0.3, -0.25) is 4.79 Å². The van der Waals surface area contributed by atoms with Crippen molar-refractivity contribution in [3.63, 3.8) is 0 Å². The lowest BCUT2D eigenvalue weighted by molar-refractivity contribution is 0.0954. The minimum absolute atomic E-state index is 0.189. The summed E-state index contributed by atoms with van der Waals surface area (Å²) in [4.78, 5) is 15.6. The van der Waals surface area contributed by atoms with Crippen molar-refractivity contribution in [2.24, 2.45) is 0 Å². The van der Waals surface area contributed by atoms with Crippen molar-refractivity contribution in [3.8, 4) is 11.4 Å². The first kappa shape index (κ1) is 17.8. The molecule has 0 fully saturated rings. The van der Waals surface area contributed by atoms with Crippen LogP contribution >= 0.6 is 0 Å². The molecule has 8 heteroatoms. The van der Waals surface area contributed by atoms with Crippen LogP contribution in [0.5, 0.6) is 0 Å². The average molecular weight is 378 g/mol. The minimum Gasteiger partial charge on any atom is -0.356 e. The van der Waals surface area contributed by atoms with E-state index in [1.807, 2.05) is 19.9 Å². The van der Waals surface area contributed by atoms with Crippen LogP contribution in [0, 0.1) is 19.7 Å². The number of hydrogen-bond acceptors (Lipinski definition) is 4. The minimum atomic E-state index is -0.266. The van der Waals surface area contributed by atoms with E-state index in [9.17, 15) is 9.18 Å². The Morgan fingerprint density at radius 1 is 1.21 bits per heavy atom. The van der Waals surface area contributed by atoms with Crippen LogP contribution in [0.15, 0.2) is 36.4 Å². The maximum Gasteiger partial charge on any atom is 0.251 e. The molecule has 1 amide bonds. The molecule has 0 aliphatic heterocycles. The number of benzene rings is 2. The number of aromatic nitrogens is 5. The number of rotatable bonds is 5. The Labute approximate surface area is 160 Å². The first-order chi connectivity index (χ1) is 13.5. The molecule has 2 aromatic carbocycles. The summed E-state index contributed by atoms with van der Waals surface area (Å²) < 4.78 is 14.1. The summed E-state index contributed by atoms with van der Waals surface area (Å²) in [5.74, 6) is -0.0235. The molecular weight excluding hydrogens is 359 g/mol. The van der Waals surface area contributed by atoms with E-state index < -0.39 is 0 Å². The van der Waals surface area contributed by atoms with Crippen molar-refractivity contribution in [1.82, 2.24) is 30.9 Å². The number of aromatic amines is 2. The molecule has 0 bridgehead atoms. The van der Waals surface area contributed by atoms with Crippen molar-refractivity contribution in [1.29, 1.82) is 0 Å². The third-order valence-electron chi connectivity index (χ3n) is 4.82. The van der Waals surface area contributed by atoms with Crippen LogP contribution in [0.25, 0.3) is 22.3 Å². The highest BCUT2D eigenvalue weighted by molar-refractivity contribution is 5.95. The number of amides is 1. The zero-order valence-corrected chi connectivity index (χ0v) is 15.5. The highest BCUT2D eigenvalue weighted by Gasteiger charge is 2.14. The van der Waals surface area contributed by atoms with Crippen LogP contribution in [0.3, 0.4) is 0 Å². The Kier molecular flexibility index (Phi) is 4.60. The molecule has 0 radical (unpaired) electrons. The molecule has 2 aromatic heterocycles. The second kappa shape index (κ2) is 7.22. The molecule has 0 aliphatic carbocycles. The quantitative estimate of drug-likeness (QED) is 0.497. The standard InChI is InChI=1S/C20H19FN6O/c1-11-6-7-16(21)18-17(11)15(12(2)23-18)8-9-22-20(28)14-5-3-4-13(10-14)19-24-26-27-25-19/h3-7,10,23H,8-9H2,1-2H3,(H,22,28)(H,24,25,26,27). The van der Waals surface area contributed by atoms with E-state index in [1.54, 1.807) is 24.3 Å². The number of nitrogens with zero attached hydrogens (tertiary/aromatic N) is 3. The summed E-state index contributed by atoms with van der Waals surface area (Å²) in [6.07, 6.45) is 0.604. The summed E-state index contributed by atoms with van der Waals surface area (Å²) >= 11 is 0. The van der Waals surface area contributed by atoms with Gasteiger partial charge in [-0.15, -0.1) is 10.2 Å². The predicted molar refractivity (Wildman–Crippen MR) is 103 cm³/mol. The van der Waals surface area contributed by atoms with Gasteiger partial charge in [0.15, 0.2) is 0 Å². The lowest BCUT2D eigenvalue weighted by Gasteiger charge is -2.07. The Balaban J connectivity index is 1.48. The molecule has 4 rings (SSSR count). The summed E-state index contributed by atoms with van der Waals surface area (Å²) in [6, 6.07) is 10.3. The maximum atomic E-state index is 14.1. The SMILES string of the molecule is Cc1[nH]c2c(F)ccc(C)c2c1CCNC(=O)c1cccc(-c2nn[nH]n2)c1. The molecule has 142 valence electrons. The molecule has 0 saturated carbocycles. The van der Waals surface area contributed by atoms with E-state index in [1.165, 1.54) is 6.07 Å². The number of aryl methyl sites for hydroxylation is 2. The summed E-state index contributed by atoms with van der Waals surface area (Å²) in [7, 11) is 0. The van der Waals surface area contributed by atoms with Gasteiger partial charge in [-0.25, -0.2) is 4.39 Å². The van der Waals surface area contributed by atoms with Crippen LogP contribution in [0.4, 0.5) is 4.39 Å². The fourth-order valence-electron chi connectivity index (χ4n) is 3.44. The maximum absolute atomic E-state index is 14.1. The molecule has 0 saturated heterocycles. The smallest absolute Gasteiger partial charge is 0.251 e. The van der Waals surface area contributed by atoms with Crippen molar-refractivity contribution >= 4 is 16.8 Å². The number of H-pyrrole nitrogens is 2. The normalized spacial score (nSPS) is 11.1. The van der Waals surface area contributed by atoms with Crippen molar-refractivity contribution < 1.29 is 9.18 Å². The number of tetrazole rings is 1. The van der Waals surface area contributed by atoms with Gasteiger partial charge in [0, 0.05) is 28.8 Å². The van der Waals surface area contributed by atoms with Crippen molar-refractivity contribution in [3.05, 3.63) is 64.6 Å². The first-order valence-corrected chi connectivity index (χ1v) is 8.93. The van der Waals surface area contributed by atoms with Crippen LogP contribution in [0.1, 0.15) is 27.2 Å². The first-order valence-electron chi connectivity index (χ1n) is 8.93. The van der Waals surface area contributed by atoms with Crippen LogP contribution in [0.2, 0.25) is 0 Å². The molecule has 0 spiro atoms. The van der Waals surface area contributed by atoms with Crippen LogP contribution < -0.4 is 5.32 Å². The Hall–Kier alpha value is -3.55. The third kappa shape index (κ3) is 3.24. The van der Waals surface area contributed by atoms with E-state index in [-0.39, 0.29) is 11.7 Å². The summed E-state index contributed by atoms with van der Waals surface area (Å²) in [5.41, 5.74) is 4.69. The van der Waals surface area contributed by atoms with Gasteiger partial charge >= 0.3 is 0 Å². The van der Waals surface area contributed by atoms with Crippen LogP contribution in [-0.2, 0) is 6.42 Å². The van der Waals surface area contributed by atoms with Gasteiger partial charge in [0.1, 0.15) is 5.82 Å². The van der Waals surface area contributed by atoms with Gasteiger partial charge < -0.3 is 10.3 Å². The van der Waals surface area contributed by atoms with E-state index in [0.717, 1.165) is 22.2 Å². The third-order valence-corrected chi connectivity index (χ3v) is 4.82. The number of fused-ring (bicyclic) bond motifs is 1. The van der Waals surface area contributed by atoms with Gasteiger partial charge in [-0.2, -0.15) is 5.21 Å². The van der Waals surface area contributed by atoms with Gasteiger partial charge in [0.05, 0.1) is 5.52 Å². The van der Waals surface area contributed by atoms with E-state index in [0.29, 0.717) is 35.4 Å². The second-order valence-corrected chi connectivity index (χ2v) is 6.66. The topological polar surface area (TPSA) is 99.4 Å². The zero-order valence-electron chi connectivity index (χ0n) is 15.5. The average Bonchev–Trinajstić information content (AvgIpc) is 3.34. The van der Waals surface area contributed by atoms with Crippen LogP contribution in [-0.4, -0.2) is 38.1 Å². The van der Waals surface area contributed by atoms with Gasteiger partial charge in [0.25, 0.3) is 5.91 Å². The number of carbonyl (C=O) groups excluding carboxylic acids is 1. The fourth-order valence-corrected chi connectivity index (χ4v) is 3.44. The van der Waals surface area contributed by atoms with Gasteiger partial charge in [-0.05, 0) is 54.8 Å². The predicted octanol–water partition coefficient (Wildman–Crippen LogP) is 3.08. The molecule has 28 heavy (non-hydrogen) atoms. The van der Waals surface area contributed by atoms with Gasteiger partial charge in [-0.1, -0.05) is 18.2 Å². The van der Waals surface area contributed by atoms with Crippen molar-refractivity contribution in [2.45, 2.75) is 20.3 Å². The zero-order chi connectivity index (χ0) is 19.7. The molecular formula is C20H19FN6O. The highest BCUT2D eigenvalue weighted by atomic mass is 19.1. The number of nitrogens with one attached hydrogen (secondary N) is 3. The van der Waals surface area contributed by atoms with Crippen molar-refractivity contribution in [2.75, 3.05) is 6.54 Å². The fraction of sp³-hybridized carbons (Fsp3) is 0.200. The summed E-state index contributed by atoms with van der Waals surface area (Å²) in [5, 5.41) is 17.6. The van der Waals surface area contributed by atoms with Gasteiger partial charge in [0.2, 0.25) is 5.82 Å². The Bertz CT molecular complexity index is 1150. The highest BCUT2D eigenvalue weighted by Crippen LogP contribution is 2.27. The molecule has 3 N–H and O–H groups in total. The largest absolute Gasteiger partial charge is 0.356 e. The molecule has 4 aromatic rings. The molecule has 7 nitrogen and oxygen atoms in total. The Morgan fingerprint density at radius 3 is 2.86 bits per heavy atom. The van der Waals surface area contributed by atoms with E-state index in [2.05, 4.69) is 30.9 Å². The summed E-state index contributed by atoms with van der Waals surface area (Å²) in [6.45, 7) is 4.32. The number of hydrogen-bond donors (Lipinski definition) is 3. The molecule has 0 atom stereocenters. The van der Waals surface area contributed by atoms with E-state index in [4.69, 9.17) is 0 Å². The Morgan fingerprint density at radius 2 is 2.07 bits per heavy atom. The molecule has 0 unspecified atom stereocenters. The lowest BCUT2D eigenvalue weighted by atomic mass is 10.0. The number of halogens is 1. The lowest BCUT2D eigenvalue weighted by Crippen LogP contribution is -2.25. The second-order valence-electron chi connectivity index (χ2n) is 6.66.